The van der Waals surface area contributed by atoms with E-state index >= 15 is 0 Å². The van der Waals surface area contributed by atoms with Gasteiger partial charge in [0, 0.05) is 10.9 Å². The summed E-state index contributed by atoms with van der Waals surface area (Å²) in [6, 6.07) is 19.5. The van der Waals surface area contributed by atoms with Crippen LogP contribution in [0.5, 0.6) is 17.4 Å². The molecule has 0 radical (unpaired) electrons. The lowest BCUT2D eigenvalue weighted by Crippen LogP contribution is -2.22. The van der Waals surface area contributed by atoms with Crippen molar-refractivity contribution < 1.29 is 28.9 Å². The molecule has 162 valence electrons. The van der Waals surface area contributed by atoms with Gasteiger partial charge < -0.3 is 19.3 Å². The Morgan fingerprint density at radius 2 is 1.79 bits per heavy atom. The zero-order valence-electron chi connectivity index (χ0n) is 17.3. The molecule has 0 saturated heterocycles. The summed E-state index contributed by atoms with van der Waals surface area (Å²) in [4.78, 5) is 29.7. The summed E-state index contributed by atoms with van der Waals surface area (Å²) in [7, 11) is 0. The Morgan fingerprint density at radius 1 is 0.939 bits per heavy atom. The fraction of sp³-hybridized carbons (Fsp3) is 0.115. The molecule has 0 saturated carbocycles. The second kappa shape index (κ2) is 7.34. The molecule has 33 heavy (non-hydrogen) atoms. The molecule has 6 rings (SSSR count). The van der Waals surface area contributed by atoms with Crippen LogP contribution in [0.2, 0.25) is 0 Å². The molecule has 1 N–H and O–H groups in total. The minimum atomic E-state index is -1.03. The SMILES string of the molecule is O=C(O)c1cccc(-c2c3c(nc4ccccc24)O[C@@H](c2ccc4c(c2)OCO4)CC3=O)c1. The molecule has 4 aromatic rings. The van der Waals surface area contributed by atoms with E-state index in [1.807, 2.05) is 36.4 Å². The van der Waals surface area contributed by atoms with E-state index in [-0.39, 0.29) is 30.4 Å². The molecule has 0 fully saturated rings. The average molecular weight is 439 g/mol. The number of benzene rings is 3. The molecule has 0 unspecified atom stereocenters. The zero-order valence-corrected chi connectivity index (χ0v) is 17.3. The first kappa shape index (κ1) is 19.3. The normalized spacial score (nSPS) is 16.4. The van der Waals surface area contributed by atoms with Gasteiger partial charge in [0.05, 0.1) is 23.1 Å². The lowest BCUT2D eigenvalue weighted by Gasteiger charge is -2.27. The lowest BCUT2D eigenvalue weighted by atomic mass is 9.89. The van der Waals surface area contributed by atoms with E-state index in [1.54, 1.807) is 24.3 Å². The van der Waals surface area contributed by atoms with Crippen molar-refractivity contribution in [1.29, 1.82) is 0 Å². The van der Waals surface area contributed by atoms with Crippen LogP contribution < -0.4 is 14.2 Å². The van der Waals surface area contributed by atoms with E-state index in [0.29, 0.717) is 33.7 Å². The number of carboxylic acids is 1. The number of Topliss-reactive ketones (excluding diaryl/α,β-unsaturated/α-hetero) is 1. The molecular weight excluding hydrogens is 422 g/mol. The molecule has 7 nitrogen and oxygen atoms in total. The lowest BCUT2D eigenvalue weighted by molar-refractivity contribution is 0.0696. The van der Waals surface area contributed by atoms with Gasteiger partial charge in [-0.1, -0.05) is 36.4 Å². The van der Waals surface area contributed by atoms with Crippen LogP contribution in [0.15, 0.2) is 66.7 Å². The number of aromatic nitrogens is 1. The van der Waals surface area contributed by atoms with Gasteiger partial charge in [0.1, 0.15) is 6.10 Å². The Balaban J connectivity index is 1.52. The van der Waals surface area contributed by atoms with Gasteiger partial charge in [-0.15, -0.1) is 0 Å². The summed E-state index contributed by atoms with van der Waals surface area (Å²) in [5.41, 5.74) is 3.22. The highest BCUT2D eigenvalue weighted by Crippen LogP contribution is 2.44. The largest absolute Gasteiger partial charge is 0.478 e. The summed E-state index contributed by atoms with van der Waals surface area (Å²) < 4.78 is 17.1. The highest BCUT2D eigenvalue weighted by molar-refractivity contribution is 6.12. The van der Waals surface area contributed by atoms with Crippen molar-refractivity contribution in [1.82, 2.24) is 4.98 Å². The van der Waals surface area contributed by atoms with Gasteiger partial charge in [0.15, 0.2) is 17.3 Å². The Bertz CT molecular complexity index is 1460. The quantitative estimate of drug-likeness (QED) is 0.478. The fourth-order valence-electron chi connectivity index (χ4n) is 4.39. The van der Waals surface area contributed by atoms with Crippen LogP contribution in [-0.2, 0) is 0 Å². The first-order chi connectivity index (χ1) is 16.1. The van der Waals surface area contributed by atoms with Crippen molar-refractivity contribution in [3.05, 3.63) is 83.4 Å². The van der Waals surface area contributed by atoms with Crippen molar-refractivity contribution in [2.45, 2.75) is 12.5 Å². The summed E-state index contributed by atoms with van der Waals surface area (Å²) >= 11 is 0. The number of carboxylic acid groups (broad SMARTS) is 1. The first-order valence-corrected chi connectivity index (χ1v) is 10.4. The minimum Gasteiger partial charge on any atom is -0.478 e. The number of ketones is 1. The van der Waals surface area contributed by atoms with Crippen LogP contribution in [0.4, 0.5) is 0 Å². The molecule has 0 amide bonds. The van der Waals surface area contributed by atoms with Gasteiger partial charge in [-0.2, -0.15) is 0 Å². The second-order valence-corrected chi connectivity index (χ2v) is 7.92. The molecule has 0 aliphatic carbocycles. The first-order valence-electron chi connectivity index (χ1n) is 10.4. The third-order valence-electron chi connectivity index (χ3n) is 5.93. The summed E-state index contributed by atoms with van der Waals surface area (Å²) in [5, 5.41) is 10.2. The number of fused-ring (bicyclic) bond motifs is 3. The number of nitrogens with zero attached hydrogens (tertiary/aromatic N) is 1. The highest BCUT2D eigenvalue weighted by Gasteiger charge is 2.33. The van der Waals surface area contributed by atoms with Crippen molar-refractivity contribution >= 4 is 22.7 Å². The van der Waals surface area contributed by atoms with Gasteiger partial charge in [0.2, 0.25) is 12.7 Å². The Hall–Kier alpha value is -4.39. The number of carbonyl (C=O) groups is 2. The summed E-state index contributed by atoms with van der Waals surface area (Å²) in [5.74, 6) is 0.365. The molecular formula is C26H17NO6. The van der Waals surface area contributed by atoms with Crippen LogP contribution in [0.1, 0.15) is 38.8 Å². The summed E-state index contributed by atoms with van der Waals surface area (Å²) in [6.07, 6.45) is -0.399. The molecule has 3 aromatic carbocycles. The molecule has 0 spiro atoms. The predicted octanol–water partition coefficient (Wildman–Crippen LogP) is 5.04. The van der Waals surface area contributed by atoms with Crippen molar-refractivity contribution in [2.24, 2.45) is 0 Å². The molecule has 2 aliphatic heterocycles. The number of rotatable bonds is 3. The van der Waals surface area contributed by atoms with E-state index in [2.05, 4.69) is 4.98 Å². The third kappa shape index (κ3) is 3.17. The smallest absolute Gasteiger partial charge is 0.335 e. The maximum atomic E-state index is 13.5. The van der Waals surface area contributed by atoms with Crippen LogP contribution in [0.25, 0.3) is 22.0 Å². The van der Waals surface area contributed by atoms with E-state index in [4.69, 9.17) is 14.2 Å². The van der Waals surface area contributed by atoms with E-state index < -0.39 is 12.1 Å². The Morgan fingerprint density at radius 3 is 2.67 bits per heavy atom. The standard InChI is InChI=1S/C26H17NO6/c28-19-12-21(14-8-9-20-22(11-14)32-13-31-20)33-25-24(19)23(17-6-1-2-7-18(17)27-25)15-4-3-5-16(10-15)26(29)30/h1-11,21H,12-13H2,(H,29,30)/t21-/m1/s1. The highest BCUT2D eigenvalue weighted by atomic mass is 16.7. The molecule has 7 heteroatoms. The number of ether oxygens (including phenoxy) is 3. The maximum absolute atomic E-state index is 13.5. The van der Waals surface area contributed by atoms with Gasteiger partial charge in [-0.25, -0.2) is 9.78 Å². The Labute approximate surface area is 188 Å². The monoisotopic (exact) mass is 439 g/mol. The van der Waals surface area contributed by atoms with Crippen molar-refractivity contribution in [2.75, 3.05) is 6.79 Å². The van der Waals surface area contributed by atoms with Gasteiger partial charge in [0.25, 0.3) is 0 Å². The predicted molar refractivity (Wildman–Crippen MR) is 119 cm³/mol. The topological polar surface area (TPSA) is 95.0 Å². The van der Waals surface area contributed by atoms with Gasteiger partial charge in [-0.3, -0.25) is 4.79 Å². The minimum absolute atomic E-state index is 0.118. The third-order valence-corrected chi connectivity index (χ3v) is 5.93. The number of hydrogen-bond acceptors (Lipinski definition) is 6. The Kier molecular flexibility index (Phi) is 4.29. The molecule has 3 heterocycles. The van der Waals surface area contributed by atoms with E-state index in [0.717, 1.165) is 10.9 Å². The van der Waals surface area contributed by atoms with Crippen LogP contribution in [0, 0.1) is 0 Å². The summed E-state index contributed by atoms with van der Waals surface area (Å²) in [6.45, 7) is 0.165. The number of para-hydroxylation sites is 1. The number of hydrogen-bond donors (Lipinski definition) is 1. The zero-order chi connectivity index (χ0) is 22.5. The molecule has 0 bridgehead atoms. The number of aromatic carboxylic acids is 1. The molecule has 1 aromatic heterocycles. The average Bonchev–Trinajstić information content (AvgIpc) is 3.30. The van der Waals surface area contributed by atoms with Crippen LogP contribution in [0.3, 0.4) is 0 Å². The number of pyridine rings is 1. The molecule has 2 aliphatic rings. The maximum Gasteiger partial charge on any atom is 0.335 e. The van der Waals surface area contributed by atoms with E-state index in [1.165, 1.54) is 6.07 Å². The van der Waals surface area contributed by atoms with Gasteiger partial charge >= 0.3 is 5.97 Å². The van der Waals surface area contributed by atoms with Crippen molar-refractivity contribution in [3.8, 4) is 28.5 Å². The second-order valence-electron chi connectivity index (χ2n) is 7.92. The fourth-order valence-corrected chi connectivity index (χ4v) is 4.39. The van der Waals surface area contributed by atoms with Crippen LogP contribution in [-0.4, -0.2) is 28.6 Å². The number of carbonyl (C=O) groups excluding carboxylic acids is 1. The molecule has 1 atom stereocenters. The van der Waals surface area contributed by atoms with Crippen LogP contribution >= 0.6 is 0 Å². The van der Waals surface area contributed by atoms with Gasteiger partial charge in [-0.05, 0) is 41.5 Å². The van der Waals surface area contributed by atoms with Crippen molar-refractivity contribution in [3.63, 3.8) is 0 Å². The van der Waals surface area contributed by atoms with E-state index in [9.17, 15) is 14.7 Å².